The van der Waals surface area contributed by atoms with E-state index in [0.29, 0.717) is 11.4 Å². The summed E-state index contributed by atoms with van der Waals surface area (Å²) in [6.07, 6.45) is -4.43. The molecule has 136 valence electrons. The maximum Gasteiger partial charge on any atom is 0.416 e. The summed E-state index contributed by atoms with van der Waals surface area (Å²) in [6, 6.07) is 8.57. The second-order valence-electron chi connectivity index (χ2n) is 6.49. The summed E-state index contributed by atoms with van der Waals surface area (Å²) >= 11 is 0. The van der Waals surface area contributed by atoms with Crippen LogP contribution in [0.5, 0.6) is 0 Å². The van der Waals surface area contributed by atoms with Crippen LogP contribution in [0, 0.1) is 0 Å². The Morgan fingerprint density at radius 2 is 1.58 bits per heavy atom. The third-order valence-corrected chi connectivity index (χ3v) is 4.24. The number of fused-ring (bicyclic) bond motifs is 1. The van der Waals surface area contributed by atoms with Crippen LogP contribution in [0.4, 0.5) is 35.0 Å². The number of benzene rings is 2. The Morgan fingerprint density at radius 3 is 2.19 bits per heavy atom. The lowest BCUT2D eigenvalue weighted by molar-refractivity contribution is -0.137. The number of nitrogens with one attached hydrogen (secondary N) is 3. The van der Waals surface area contributed by atoms with E-state index in [9.17, 15) is 22.8 Å². The molecule has 3 N–H and O–H groups in total. The highest BCUT2D eigenvalue weighted by atomic mass is 19.4. The minimum atomic E-state index is -4.43. The van der Waals surface area contributed by atoms with Gasteiger partial charge in [-0.25, -0.2) is 4.79 Å². The van der Waals surface area contributed by atoms with Gasteiger partial charge in [-0.05, 0) is 55.8 Å². The lowest BCUT2D eigenvalue weighted by Crippen LogP contribution is -2.26. The van der Waals surface area contributed by atoms with Crippen molar-refractivity contribution in [3.05, 3.63) is 53.6 Å². The summed E-state index contributed by atoms with van der Waals surface area (Å²) in [6.45, 7) is 3.61. The molecular formula is C18H16F3N3O2. The predicted octanol–water partition coefficient (Wildman–Crippen LogP) is 4.58. The maximum atomic E-state index is 12.5. The molecule has 2 aromatic carbocycles. The summed E-state index contributed by atoms with van der Waals surface area (Å²) in [5.41, 5.74) is 0.692. The molecule has 2 aromatic rings. The van der Waals surface area contributed by atoms with E-state index in [1.165, 1.54) is 12.1 Å². The molecule has 0 saturated carbocycles. The SMILES string of the molecule is CC1(C)C(=O)Nc2cc(NC(=O)Nc3ccc(C(F)(F)F)cc3)ccc21. The Balaban J connectivity index is 1.68. The standard InChI is InChI=1S/C18H16F3N3O2/c1-17(2)13-8-7-12(9-14(13)24-15(17)25)23-16(26)22-11-5-3-10(4-6-11)18(19,20)21/h3-9H,1-2H3,(H,24,25)(H2,22,23,26). The van der Waals surface area contributed by atoms with Crippen LogP contribution in [0.1, 0.15) is 25.0 Å². The number of carbonyl (C=O) groups excluding carboxylic acids is 2. The largest absolute Gasteiger partial charge is 0.416 e. The van der Waals surface area contributed by atoms with Gasteiger partial charge in [-0.15, -0.1) is 0 Å². The highest BCUT2D eigenvalue weighted by molar-refractivity contribution is 6.07. The maximum absolute atomic E-state index is 12.5. The minimum absolute atomic E-state index is 0.126. The number of hydrogen-bond donors (Lipinski definition) is 3. The van der Waals surface area contributed by atoms with Crippen molar-refractivity contribution < 1.29 is 22.8 Å². The number of carbonyl (C=O) groups is 2. The number of hydrogen-bond acceptors (Lipinski definition) is 2. The first-order valence-electron chi connectivity index (χ1n) is 7.78. The molecule has 5 nitrogen and oxygen atoms in total. The molecule has 0 fully saturated rings. The summed E-state index contributed by atoms with van der Waals surface area (Å²) in [5, 5.41) is 7.79. The molecule has 0 aliphatic carbocycles. The quantitative estimate of drug-likeness (QED) is 0.731. The zero-order valence-electron chi connectivity index (χ0n) is 14.0. The van der Waals surface area contributed by atoms with Gasteiger partial charge in [0, 0.05) is 17.1 Å². The molecule has 3 rings (SSSR count). The minimum Gasteiger partial charge on any atom is -0.325 e. The van der Waals surface area contributed by atoms with E-state index in [-0.39, 0.29) is 11.6 Å². The Morgan fingerprint density at radius 1 is 1.00 bits per heavy atom. The highest BCUT2D eigenvalue weighted by Gasteiger charge is 2.38. The Kier molecular flexibility index (Phi) is 4.14. The summed E-state index contributed by atoms with van der Waals surface area (Å²) in [5.74, 6) is -0.126. The summed E-state index contributed by atoms with van der Waals surface area (Å²) in [4.78, 5) is 24.0. The monoisotopic (exact) mass is 363 g/mol. The van der Waals surface area contributed by atoms with Crippen LogP contribution >= 0.6 is 0 Å². The number of alkyl halides is 3. The molecule has 0 saturated heterocycles. The summed E-state index contributed by atoms with van der Waals surface area (Å²) in [7, 11) is 0. The van der Waals surface area contributed by atoms with Crippen molar-refractivity contribution >= 4 is 29.0 Å². The number of anilines is 3. The van der Waals surface area contributed by atoms with Crippen molar-refractivity contribution in [2.75, 3.05) is 16.0 Å². The molecule has 0 bridgehead atoms. The molecule has 1 heterocycles. The molecule has 0 aromatic heterocycles. The van der Waals surface area contributed by atoms with Gasteiger partial charge in [0.2, 0.25) is 5.91 Å². The average molecular weight is 363 g/mol. The molecule has 3 amide bonds. The fourth-order valence-electron chi connectivity index (χ4n) is 2.71. The Bertz CT molecular complexity index is 874. The zero-order chi connectivity index (χ0) is 19.1. The number of rotatable bonds is 2. The molecule has 0 unspecified atom stereocenters. The van der Waals surface area contributed by atoms with Gasteiger partial charge in [0.15, 0.2) is 0 Å². The van der Waals surface area contributed by atoms with E-state index in [2.05, 4.69) is 16.0 Å². The van der Waals surface area contributed by atoms with Crippen LogP contribution in [0.15, 0.2) is 42.5 Å². The van der Waals surface area contributed by atoms with Gasteiger partial charge in [0.05, 0.1) is 11.0 Å². The van der Waals surface area contributed by atoms with Crippen LogP contribution in [0.3, 0.4) is 0 Å². The van der Waals surface area contributed by atoms with Crippen molar-refractivity contribution in [1.29, 1.82) is 0 Å². The fourth-order valence-corrected chi connectivity index (χ4v) is 2.71. The molecular weight excluding hydrogens is 347 g/mol. The molecule has 0 spiro atoms. The van der Waals surface area contributed by atoms with Crippen molar-refractivity contribution in [2.45, 2.75) is 25.4 Å². The van der Waals surface area contributed by atoms with E-state index in [0.717, 1.165) is 17.7 Å². The fraction of sp³-hybridized carbons (Fsp3) is 0.222. The first-order chi connectivity index (χ1) is 12.1. The van der Waals surface area contributed by atoms with E-state index in [1.807, 2.05) is 0 Å². The van der Waals surface area contributed by atoms with Crippen molar-refractivity contribution in [1.82, 2.24) is 0 Å². The zero-order valence-corrected chi connectivity index (χ0v) is 14.0. The van der Waals surface area contributed by atoms with Crippen LogP contribution < -0.4 is 16.0 Å². The Hall–Kier alpha value is -3.03. The lowest BCUT2D eigenvalue weighted by atomic mass is 9.86. The molecule has 0 atom stereocenters. The number of halogens is 3. The molecule has 8 heteroatoms. The lowest BCUT2D eigenvalue weighted by Gasteiger charge is -2.15. The molecule has 1 aliphatic heterocycles. The number of urea groups is 1. The van der Waals surface area contributed by atoms with Crippen molar-refractivity contribution in [3.63, 3.8) is 0 Å². The van der Waals surface area contributed by atoms with Crippen LogP contribution in [-0.2, 0) is 16.4 Å². The van der Waals surface area contributed by atoms with E-state index in [4.69, 9.17) is 0 Å². The third-order valence-electron chi connectivity index (χ3n) is 4.24. The van der Waals surface area contributed by atoms with E-state index < -0.39 is 23.2 Å². The molecule has 0 radical (unpaired) electrons. The van der Waals surface area contributed by atoms with Gasteiger partial charge in [-0.2, -0.15) is 13.2 Å². The van der Waals surface area contributed by atoms with Gasteiger partial charge < -0.3 is 16.0 Å². The van der Waals surface area contributed by atoms with Gasteiger partial charge in [0.25, 0.3) is 0 Å². The van der Waals surface area contributed by atoms with Gasteiger partial charge in [-0.1, -0.05) is 6.07 Å². The normalized spacial score (nSPS) is 15.2. The smallest absolute Gasteiger partial charge is 0.325 e. The Labute approximate surface area is 147 Å². The number of amides is 3. The average Bonchev–Trinajstić information content (AvgIpc) is 2.76. The molecule has 26 heavy (non-hydrogen) atoms. The van der Waals surface area contributed by atoms with Crippen LogP contribution in [0.2, 0.25) is 0 Å². The second-order valence-corrected chi connectivity index (χ2v) is 6.49. The van der Waals surface area contributed by atoms with E-state index in [1.54, 1.807) is 32.0 Å². The van der Waals surface area contributed by atoms with Gasteiger partial charge in [-0.3, -0.25) is 4.79 Å². The highest BCUT2D eigenvalue weighted by Crippen LogP contribution is 2.38. The topological polar surface area (TPSA) is 70.2 Å². The summed E-state index contributed by atoms with van der Waals surface area (Å²) < 4.78 is 37.6. The predicted molar refractivity (Wildman–Crippen MR) is 92.2 cm³/mol. The first kappa shape index (κ1) is 17.8. The molecule has 1 aliphatic rings. The van der Waals surface area contributed by atoms with Gasteiger partial charge in [0.1, 0.15) is 0 Å². The van der Waals surface area contributed by atoms with Crippen molar-refractivity contribution in [2.24, 2.45) is 0 Å². The third kappa shape index (κ3) is 3.35. The van der Waals surface area contributed by atoms with E-state index >= 15 is 0 Å². The van der Waals surface area contributed by atoms with Crippen molar-refractivity contribution in [3.8, 4) is 0 Å². The van der Waals surface area contributed by atoms with Crippen LogP contribution in [0.25, 0.3) is 0 Å². The van der Waals surface area contributed by atoms with Gasteiger partial charge >= 0.3 is 12.2 Å². The first-order valence-corrected chi connectivity index (χ1v) is 7.78. The second kappa shape index (κ2) is 6.05. The van der Waals surface area contributed by atoms with Crippen LogP contribution in [-0.4, -0.2) is 11.9 Å².